The van der Waals surface area contributed by atoms with Crippen LogP contribution >= 0.6 is 0 Å². The monoisotopic (exact) mass is 388 g/mol. The van der Waals surface area contributed by atoms with Crippen LogP contribution in [0.3, 0.4) is 0 Å². The molecule has 3 heteroatoms. The van der Waals surface area contributed by atoms with Crippen molar-refractivity contribution < 1.29 is 14.3 Å². The van der Waals surface area contributed by atoms with Crippen LogP contribution in [0.1, 0.15) is 91.4 Å². The molecule has 8 atom stereocenters. The lowest BCUT2D eigenvalue weighted by Gasteiger charge is -2.60. The summed E-state index contributed by atoms with van der Waals surface area (Å²) in [5, 5.41) is 0. The molecule has 3 nitrogen and oxygen atoms in total. The summed E-state index contributed by atoms with van der Waals surface area (Å²) in [5.41, 5.74) is 0.251. The molecule has 4 aliphatic rings. The third-order valence-corrected chi connectivity index (χ3v) is 10.2. The smallest absolute Gasteiger partial charge is 0.305 e. The van der Waals surface area contributed by atoms with Crippen LogP contribution in [0.15, 0.2) is 0 Å². The fourth-order valence-corrected chi connectivity index (χ4v) is 8.59. The van der Waals surface area contributed by atoms with E-state index in [1.54, 1.807) is 0 Å². The summed E-state index contributed by atoms with van der Waals surface area (Å²) < 4.78 is 4.84. The zero-order valence-electron chi connectivity index (χ0n) is 18.5. The van der Waals surface area contributed by atoms with E-state index in [0.717, 1.165) is 24.7 Å². The van der Waals surface area contributed by atoms with Crippen LogP contribution in [0.2, 0.25) is 0 Å². The highest BCUT2D eigenvalue weighted by atomic mass is 16.5. The van der Waals surface area contributed by atoms with Crippen LogP contribution in [0, 0.1) is 46.3 Å². The van der Waals surface area contributed by atoms with Gasteiger partial charge in [0.2, 0.25) is 0 Å². The van der Waals surface area contributed by atoms with Gasteiger partial charge in [0, 0.05) is 18.3 Å². The van der Waals surface area contributed by atoms with Crippen molar-refractivity contribution in [1.82, 2.24) is 0 Å². The van der Waals surface area contributed by atoms with Gasteiger partial charge in [0.15, 0.2) is 0 Å². The van der Waals surface area contributed by atoms with E-state index in [-0.39, 0.29) is 11.4 Å². The summed E-state index contributed by atoms with van der Waals surface area (Å²) in [7, 11) is 1.47. The predicted octanol–water partition coefficient (Wildman–Crippen LogP) is 5.80. The molecule has 0 saturated heterocycles. The van der Waals surface area contributed by atoms with Gasteiger partial charge in [0.25, 0.3) is 0 Å². The van der Waals surface area contributed by atoms with Gasteiger partial charge in [-0.3, -0.25) is 9.59 Å². The second-order valence-corrected chi connectivity index (χ2v) is 11.1. The van der Waals surface area contributed by atoms with Crippen molar-refractivity contribution in [2.75, 3.05) is 7.11 Å². The lowest BCUT2D eigenvalue weighted by atomic mass is 9.44. The van der Waals surface area contributed by atoms with Gasteiger partial charge in [0.05, 0.1) is 7.11 Å². The number of fused-ring (bicyclic) bond motifs is 5. The lowest BCUT2D eigenvalue weighted by molar-refractivity contribution is -0.157. The van der Waals surface area contributed by atoms with Gasteiger partial charge >= 0.3 is 5.97 Å². The van der Waals surface area contributed by atoms with E-state index in [1.807, 2.05) is 0 Å². The van der Waals surface area contributed by atoms with Gasteiger partial charge < -0.3 is 4.74 Å². The zero-order valence-corrected chi connectivity index (χ0v) is 18.5. The molecule has 4 saturated carbocycles. The number of hydrogen-bond acceptors (Lipinski definition) is 3. The van der Waals surface area contributed by atoms with Crippen LogP contribution in [-0.4, -0.2) is 18.9 Å². The molecule has 0 radical (unpaired) electrons. The van der Waals surface area contributed by atoms with Gasteiger partial charge in [-0.05, 0) is 85.9 Å². The molecule has 4 rings (SSSR count). The number of hydrogen-bond donors (Lipinski definition) is 0. The summed E-state index contributed by atoms with van der Waals surface area (Å²) in [6, 6.07) is 0. The quantitative estimate of drug-likeness (QED) is 0.571. The second-order valence-electron chi connectivity index (χ2n) is 11.1. The largest absolute Gasteiger partial charge is 0.469 e. The minimum atomic E-state index is -0.158. The summed E-state index contributed by atoms with van der Waals surface area (Å²) in [5.74, 6) is 4.09. The van der Waals surface area contributed by atoms with Crippen molar-refractivity contribution >= 4 is 11.8 Å². The first-order valence-electron chi connectivity index (χ1n) is 11.9. The zero-order chi connectivity index (χ0) is 20.1. The SMILES string of the molecule is COC(=O)CC[C@H](C)[C@H]1CC[C@H]2[C@@H]3CC[C@H]4CCCC[C@]4(C)[C@H]3CC(=O)[C@]12C. The van der Waals surface area contributed by atoms with Crippen LogP contribution < -0.4 is 0 Å². The number of carbonyl (C=O) groups excluding carboxylic acids is 2. The Morgan fingerprint density at radius 3 is 2.64 bits per heavy atom. The number of ketones is 1. The molecule has 0 aromatic heterocycles. The van der Waals surface area contributed by atoms with Crippen molar-refractivity contribution in [3.8, 4) is 0 Å². The summed E-state index contributed by atoms with van der Waals surface area (Å²) in [4.78, 5) is 25.3. The predicted molar refractivity (Wildman–Crippen MR) is 111 cm³/mol. The Morgan fingerprint density at radius 2 is 1.89 bits per heavy atom. The summed E-state index contributed by atoms with van der Waals surface area (Å²) in [6.07, 6.45) is 12.8. The van der Waals surface area contributed by atoms with Crippen molar-refractivity contribution in [2.24, 2.45) is 46.3 Å². The van der Waals surface area contributed by atoms with Gasteiger partial charge in [-0.25, -0.2) is 0 Å². The highest BCUT2D eigenvalue weighted by Crippen LogP contribution is 2.67. The minimum absolute atomic E-state index is 0.120. The maximum Gasteiger partial charge on any atom is 0.305 e. The molecule has 158 valence electrons. The Labute approximate surface area is 171 Å². The third kappa shape index (κ3) is 2.98. The number of rotatable bonds is 4. The summed E-state index contributed by atoms with van der Waals surface area (Å²) >= 11 is 0. The standard InChI is InChI=1S/C25H40O3/c1-16(8-13-23(27)28-4)19-11-12-20-18-10-9-17-7-5-6-14-24(17,2)21(18)15-22(26)25(19,20)3/h16-21H,5-15H2,1-4H3/t16-,17+,18-,19+,20-,21-,24-,25+/m0/s1. The van der Waals surface area contributed by atoms with Crippen LogP contribution in [0.5, 0.6) is 0 Å². The molecule has 0 bridgehead atoms. The van der Waals surface area contributed by atoms with E-state index in [2.05, 4.69) is 20.8 Å². The Bertz CT molecular complexity index is 627. The minimum Gasteiger partial charge on any atom is -0.469 e. The Morgan fingerprint density at radius 1 is 1.11 bits per heavy atom. The molecule has 4 aliphatic carbocycles. The molecule has 0 aliphatic heterocycles. The Hall–Kier alpha value is -0.860. The molecule has 0 amide bonds. The van der Waals surface area contributed by atoms with E-state index in [4.69, 9.17) is 4.74 Å². The number of esters is 1. The lowest BCUT2D eigenvalue weighted by Crippen LogP contribution is -2.56. The molecular formula is C25H40O3. The normalized spacial score (nSPS) is 46.3. The highest BCUT2D eigenvalue weighted by molar-refractivity contribution is 5.87. The maximum absolute atomic E-state index is 13.7. The first-order valence-corrected chi connectivity index (χ1v) is 11.9. The summed E-state index contributed by atoms with van der Waals surface area (Å²) in [6.45, 7) is 7.10. The fourth-order valence-electron chi connectivity index (χ4n) is 8.59. The van der Waals surface area contributed by atoms with Gasteiger partial charge in [-0.2, -0.15) is 0 Å². The van der Waals surface area contributed by atoms with Gasteiger partial charge in [-0.1, -0.05) is 33.6 Å². The van der Waals surface area contributed by atoms with Gasteiger partial charge in [0.1, 0.15) is 5.78 Å². The molecule has 0 heterocycles. The van der Waals surface area contributed by atoms with Crippen molar-refractivity contribution in [3.05, 3.63) is 0 Å². The first-order chi connectivity index (χ1) is 13.3. The van der Waals surface area contributed by atoms with Gasteiger partial charge in [-0.15, -0.1) is 0 Å². The highest BCUT2D eigenvalue weighted by Gasteiger charge is 2.63. The maximum atomic E-state index is 13.7. The number of carbonyl (C=O) groups is 2. The molecule has 0 aromatic carbocycles. The van der Waals surface area contributed by atoms with E-state index in [9.17, 15) is 9.59 Å². The molecule has 0 aromatic rings. The second kappa shape index (κ2) is 7.43. The molecule has 0 spiro atoms. The number of methoxy groups -OCH3 is 1. The molecule has 0 unspecified atom stereocenters. The Kier molecular flexibility index (Phi) is 5.42. The number of Topliss-reactive ketones (excluding diaryl/α,β-unsaturated/α-hetero) is 1. The third-order valence-electron chi connectivity index (χ3n) is 10.2. The van der Waals surface area contributed by atoms with Crippen LogP contribution in [0.4, 0.5) is 0 Å². The van der Waals surface area contributed by atoms with E-state index >= 15 is 0 Å². The van der Waals surface area contributed by atoms with E-state index in [1.165, 1.54) is 58.5 Å². The first kappa shape index (κ1) is 20.4. The molecule has 28 heavy (non-hydrogen) atoms. The van der Waals surface area contributed by atoms with Crippen molar-refractivity contribution in [1.29, 1.82) is 0 Å². The van der Waals surface area contributed by atoms with Crippen LogP contribution in [0.25, 0.3) is 0 Å². The van der Waals surface area contributed by atoms with E-state index < -0.39 is 0 Å². The average Bonchev–Trinajstić information content (AvgIpc) is 3.05. The fraction of sp³-hybridized carbons (Fsp3) is 0.920. The average molecular weight is 389 g/mol. The van der Waals surface area contributed by atoms with Crippen molar-refractivity contribution in [3.63, 3.8) is 0 Å². The molecule has 0 N–H and O–H groups in total. The van der Waals surface area contributed by atoms with E-state index in [0.29, 0.717) is 41.3 Å². The number of ether oxygens (including phenoxy) is 1. The molecule has 4 fully saturated rings. The Balaban J connectivity index is 1.55. The van der Waals surface area contributed by atoms with Crippen LogP contribution in [-0.2, 0) is 14.3 Å². The molecular weight excluding hydrogens is 348 g/mol. The van der Waals surface area contributed by atoms with Crippen molar-refractivity contribution in [2.45, 2.75) is 91.4 Å². The topological polar surface area (TPSA) is 43.4 Å².